The lowest BCUT2D eigenvalue weighted by molar-refractivity contribution is -0.0821. The fourth-order valence-electron chi connectivity index (χ4n) is 3.16. The van der Waals surface area contributed by atoms with Crippen molar-refractivity contribution in [2.45, 2.75) is 97.9 Å². The minimum Gasteiger partial charge on any atom is -0.381 e. The average molecular weight is 372 g/mol. The lowest BCUT2D eigenvalue weighted by atomic mass is 10.1. The lowest BCUT2D eigenvalue weighted by Crippen LogP contribution is -2.40. The molecule has 0 aromatic heterocycles. The van der Waals surface area contributed by atoms with E-state index in [2.05, 4.69) is 46.4 Å². The molecule has 0 spiro atoms. The van der Waals surface area contributed by atoms with Crippen LogP contribution in [0.25, 0.3) is 0 Å². The van der Waals surface area contributed by atoms with Crippen LogP contribution in [0.15, 0.2) is 0 Å². The molecule has 0 aromatic rings. The average Bonchev–Trinajstić information content (AvgIpc) is 2.56. The second kappa shape index (κ2) is 13.1. The van der Waals surface area contributed by atoms with Gasteiger partial charge < -0.3 is 19.1 Å². The normalized spacial score (nSPS) is 18.6. The van der Waals surface area contributed by atoms with Gasteiger partial charge in [0, 0.05) is 32.9 Å². The number of piperidine rings is 1. The number of likely N-dealkylation sites (tertiary alicyclic amines) is 1. The van der Waals surface area contributed by atoms with Crippen LogP contribution in [0, 0.1) is 5.92 Å². The van der Waals surface area contributed by atoms with Crippen molar-refractivity contribution < 1.29 is 14.2 Å². The zero-order chi connectivity index (χ0) is 19.4. The standard InChI is InChI=1S/C22H45NO3/c1-19(2)20(3)25-18-10-9-17-24-16-8-7-13-23-14-11-21(12-15-23)26-22(4,5)6/h19-21H,7-18H2,1-6H3/t20-/m0/s1. The molecule has 0 aromatic carbocycles. The SMILES string of the molecule is CC(C)[C@H](C)OCCCCOCCCCN1CCC(OC(C)(C)C)CC1. The molecule has 1 atom stereocenters. The van der Waals surface area contributed by atoms with E-state index in [1.54, 1.807) is 0 Å². The Labute approximate surface area is 162 Å². The Morgan fingerprint density at radius 3 is 2.04 bits per heavy atom. The van der Waals surface area contributed by atoms with E-state index in [9.17, 15) is 0 Å². The molecule has 1 aliphatic heterocycles. The van der Waals surface area contributed by atoms with Gasteiger partial charge in [-0.3, -0.25) is 0 Å². The first-order valence-electron chi connectivity index (χ1n) is 10.9. The van der Waals surface area contributed by atoms with Gasteiger partial charge in [0.15, 0.2) is 0 Å². The minimum atomic E-state index is -0.0109. The second-order valence-corrected chi connectivity index (χ2v) is 9.12. The molecule has 4 heteroatoms. The topological polar surface area (TPSA) is 30.9 Å². The molecule has 156 valence electrons. The van der Waals surface area contributed by atoms with Crippen molar-refractivity contribution in [2.75, 3.05) is 39.5 Å². The molecule has 1 fully saturated rings. The molecule has 1 heterocycles. The quantitative estimate of drug-likeness (QED) is 0.431. The number of unbranched alkanes of at least 4 members (excludes halogenated alkanes) is 2. The van der Waals surface area contributed by atoms with Crippen molar-refractivity contribution in [3.63, 3.8) is 0 Å². The van der Waals surface area contributed by atoms with E-state index < -0.39 is 0 Å². The fourth-order valence-corrected chi connectivity index (χ4v) is 3.16. The van der Waals surface area contributed by atoms with Gasteiger partial charge in [0.25, 0.3) is 0 Å². The summed E-state index contributed by atoms with van der Waals surface area (Å²) in [6, 6.07) is 0. The Kier molecular flexibility index (Phi) is 12.0. The molecule has 0 radical (unpaired) electrons. The molecule has 0 saturated carbocycles. The lowest BCUT2D eigenvalue weighted by Gasteiger charge is -2.35. The molecule has 1 rings (SSSR count). The first-order chi connectivity index (χ1) is 12.3. The summed E-state index contributed by atoms with van der Waals surface area (Å²) in [5.74, 6) is 0.600. The van der Waals surface area contributed by atoms with E-state index in [1.165, 1.54) is 45.3 Å². The number of rotatable bonds is 13. The predicted octanol–water partition coefficient (Wildman–Crippen LogP) is 4.90. The van der Waals surface area contributed by atoms with Crippen molar-refractivity contribution in [3.8, 4) is 0 Å². The molecule has 0 unspecified atom stereocenters. The summed E-state index contributed by atoms with van der Waals surface area (Å²) in [6.07, 6.45) is 7.76. The molecular weight excluding hydrogens is 326 g/mol. The van der Waals surface area contributed by atoms with E-state index in [1.807, 2.05) is 0 Å². The molecule has 0 amide bonds. The second-order valence-electron chi connectivity index (χ2n) is 9.12. The Morgan fingerprint density at radius 2 is 1.46 bits per heavy atom. The molecule has 0 N–H and O–H groups in total. The van der Waals surface area contributed by atoms with Crippen LogP contribution in [0.5, 0.6) is 0 Å². The first kappa shape index (κ1) is 23.9. The van der Waals surface area contributed by atoms with Crippen molar-refractivity contribution in [2.24, 2.45) is 5.92 Å². The van der Waals surface area contributed by atoms with Gasteiger partial charge in [-0.25, -0.2) is 0 Å². The summed E-state index contributed by atoms with van der Waals surface area (Å²) in [5.41, 5.74) is -0.0109. The van der Waals surface area contributed by atoms with Gasteiger partial charge >= 0.3 is 0 Å². The molecule has 0 aliphatic carbocycles. The van der Waals surface area contributed by atoms with Crippen molar-refractivity contribution >= 4 is 0 Å². The maximum atomic E-state index is 6.09. The van der Waals surface area contributed by atoms with Gasteiger partial charge in [0.1, 0.15) is 0 Å². The van der Waals surface area contributed by atoms with Crippen LogP contribution in [0.3, 0.4) is 0 Å². The molecule has 1 saturated heterocycles. The van der Waals surface area contributed by atoms with E-state index >= 15 is 0 Å². The van der Waals surface area contributed by atoms with Crippen LogP contribution in [-0.2, 0) is 14.2 Å². The summed E-state index contributed by atoms with van der Waals surface area (Å²) in [7, 11) is 0. The zero-order valence-electron chi connectivity index (χ0n) is 18.4. The summed E-state index contributed by atoms with van der Waals surface area (Å²) < 4.78 is 17.6. The monoisotopic (exact) mass is 371 g/mol. The Balaban J connectivity index is 1.87. The first-order valence-corrected chi connectivity index (χ1v) is 10.9. The zero-order valence-corrected chi connectivity index (χ0v) is 18.4. The maximum Gasteiger partial charge on any atom is 0.0606 e. The molecule has 4 nitrogen and oxygen atoms in total. The van der Waals surface area contributed by atoms with Crippen LogP contribution in [0.2, 0.25) is 0 Å². The summed E-state index contributed by atoms with van der Waals surface area (Å²) in [6.45, 7) is 19.2. The Morgan fingerprint density at radius 1 is 0.885 bits per heavy atom. The van der Waals surface area contributed by atoms with Gasteiger partial charge in [-0.05, 0) is 78.7 Å². The number of hydrogen-bond acceptors (Lipinski definition) is 4. The summed E-state index contributed by atoms with van der Waals surface area (Å²) in [5, 5.41) is 0. The third kappa shape index (κ3) is 12.3. The van der Waals surface area contributed by atoms with Crippen LogP contribution in [0.4, 0.5) is 0 Å². The van der Waals surface area contributed by atoms with E-state index in [-0.39, 0.29) is 5.60 Å². The summed E-state index contributed by atoms with van der Waals surface area (Å²) >= 11 is 0. The molecular formula is C22H45NO3. The highest BCUT2D eigenvalue weighted by atomic mass is 16.5. The van der Waals surface area contributed by atoms with Crippen LogP contribution < -0.4 is 0 Å². The van der Waals surface area contributed by atoms with Crippen molar-refractivity contribution in [1.82, 2.24) is 4.90 Å². The predicted molar refractivity (Wildman–Crippen MR) is 110 cm³/mol. The maximum absolute atomic E-state index is 6.09. The van der Waals surface area contributed by atoms with Crippen LogP contribution in [-0.4, -0.2) is 62.2 Å². The summed E-state index contributed by atoms with van der Waals surface area (Å²) in [4.78, 5) is 2.58. The van der Waals surface area contributed by atoms with Crippen molar-refractivity contribution in [3.05, 3.63) is 0 Å². The third-order valence-electron chi connectivity index (χ3n) is 5.07. The highest BCUT2D eigenvalue weighted by Gasteiger charge is 2.23. The number of nitrogens with zero attached hydrogens (tertiary/aromatic N) is 1. The van der Waals surface area contributed by atoms with E-state index in [0.717, 1.165) is 32.7 Å². The van der Waals surface area contributed by atoms with Gasteiger partial charge in [-0.1, -0.05) is 13.8 Å². The van der Waals surface area contributed by atoms with Gasteiger partial charge in [-0.2, -0.15) is 0 Å². The van der Waals surface area contributed by atoms with E-state index in [4.69, 9.17) is 14.2 Å². The van der Waals surface area contributed by atoms with Gasteiger partial charge in [0.2, 0.25) is 0 Å². The van der Waals surface area contributed by atoms with Gasteiger partial charge in [0.05, 0.1) is 17.8 Å². The van der Waals surface area contributed by atoms with Crippen LogP contribution in [0.1, 0.15) is 80.1 Å². The smallest absolute Gasteiger partial charge is 0.0606 e. The number of ether oxygens (including phenoxy) is 3. The fraction of sp³-hybridized carbons (Fsp3) is 1.00. The Bertz CT molecular complexity index is 333. The van der Waals surface area contributed by atoms with Gasteiger partial charge in [-0.15, -0.1) is 0 Å². The Hall–Kier alpha value is -0.160. The highest BCUT2D eigenvalue weighted by molar-refractivity contribution is 4.75. The minimum absolute atomic E-state index is 0.0109. The molecule has 26 heavy (non-hydrogen) atoms. The number of hydrogen-bond donors (Lipinski definition) is 0. The highest BCUT2D eigenvalue weighted by Crippen LogP contribution is 2.20. The van der Waals surface area contributed by atoms with E-state index in [0.29, 0.717) is 18.1 Å². The largest absolute Gasteiger partial charge is 0.381 e. The molecule has 1 aliphatic rings. The van der Waals surface area contributed by atoms with Crippen LogP contribution >= 0.6 is 0 Å². The third-order valence-corrected chi connectivity index (χ3v) is 5.07. The van der Waals surface area contributed by atoms with Crippen molar-refractivity contribution in [1.29, 1.82) is 0 Å². The molecule has 0 bridgehead atoms.